The molecule has 3 aromatic carbocycles. The zero-order chi connectivity index (χ0) is 30.3. The van der Waals surface area contributed by atoms with Crippen molar-refractivity contribution in [2.45, 2.75) is 24.6 Å². The Morgan fingerprint density at radius 3 is 2.52 bits per heavy atom. The summed E-state index contributed by atoms with van der Waals surface area (Å²) in [5, 5.41) is 14.3. The van der Waals surface area contributed by atoms with Gasteiger partial charge < -0.3 is 10.6 Å². The SMILES string of the molecule is CC1(C(F)(F)F)CN(C(=O)Nc2cc3c(I)c(I)nnc3c3c2C(c2cc(F)ccc2Cl)NC3=O)c2ccc(F)cc21. The number of carbonyl (C=O) groups excluding carboxylic acids is 2. The van der Waals surface area contributed by atoms with E-state index >= 15 is 0 Å². The number of hydrogen-bond donors (Lipinski definition) is 2. The summed E-state index contributed by atoms with van der Waals surface area (Å²) in [6.45, 7) is 0.0912. The number of amides is 3. The van der Waals surface area contributed by atoms with E-state index in [0.717, 1.165) is 42.2 Å². The van der Waals surface area contributed by atoms with Crippen LogP contribution in [-0.4, -0.2) is 34.9 Å². The molecular formula is C27H15ClF5I2N5O2. The first-order chi connectivity index (χ1) is 19.7. The monoisotopic (exact) mass is 825 g/mol. The molecule has 2 atom stereocenters. The number of nitrogens with zero attached hydrogens (tertiary/aromatic N) is 3. The third kappa shape index (κ3) is 4.47. The summed E-state index contributed by atoms with van der Waals surface area (Å²) in [6.07, 6.45) is -4.80. The van der Waals surface area contributed by atoms with Gasteiger partial charge in [-0.3, -0.25) is 9.69 Å². The van der Waals surface area contributed by atoms with Gasteiger partial charge in [-0.05, 0) is 100 Å². The van der Waals surface area contributed by atoms with Crippen LogP contribution >= 0.6 is 56.8 Å². The Balaban J connectivity index is 1.52. The lowest BCUT2D eigenvalue weighted by atomic mass is 9.84. The summed E-state index contributed by atoms with van der Waals surface area (Å²) in [4.78, 5) is 28.0. The van der Waals surface area contributed by atoms with Crippen LogP contribution in [0.15, 0.2) is 42.5 Å². The van der Waals surface area contributed by atoms with Crippen molar-refractivity contribution in [3.8, 4) is 0 Å². The summed E-state index contributed by atoms with van der Waals surface area (Å²) < 4.78 is 72.1. The van der Waals surface area contributed by atoms with E-state index in [1.807, 2.05) is 45.2 Å². The molecule has 4 aromatic rings. The molecular weight excluding hydrogens is 811 g/mol. The lowest BCUT2D eigenvalue weighted by molar-refractivity contribution is -0.180. The summed E-state index contributed by atoms with van der Waals surface area (Å²) in [5.74, 6) is -2.09. The van der Waals surface area contributed by atoms with Gasteiger partial charge in [0.1, 0.15) is 26.3 Å². The first kappa shape index (κ1) is 29.2. The topological polar surface area (TPSA) is 87.2 Å². The van der Waals surface area contributed by atoms with E-state index in [1.165, 1.54) is 12.1 Å². The van der Waals surface area contributed by atoms with Crippen molar-refractivity contribution < 1.29 is 31.5 Å². The molecule has 0 aliphatic carbocycles. The molecule has 0 bridgehead atoms. The lowest BCUT2D eigenvalue weighted by Gasteiger charge is -2.28. The van der Waals surface area contributed by atoms with Crippen LogP contribution < -0.4 is 15.5 Å². The second-order valence-corrected chi connectivity index (χ2v) is 12.5. The first-order valence-electron chi connectivity index (χ1n) is 12.1. The van der Waals surface area contributed by atoms with E-state index in [4.69, 9.17) is 11.6 Å². The van der Waals surface area contributed by atoms with Crippen molar-refractivity contribution in [2.75, 3.05) is 16.8 Å². The Hall–Kier alpha value is -2.86. The molecule has 7 nitrogen and oxygen atoms in total. The molecule has 0 fully saturated rings. The van der Waals surface area contributed by atoms with Gasteiger partial charge in [0.15, 0.2) is 0 Å². The molecule has 1 aromatic heterocycles. The maximum absolute atomic E-state index is 14.3. The zero-order valence-corrected chi connectivity index (χ0v) is 26.1. The maximum atomic E-state index is 14.3. The number of nitrogens with one attached hydrogen (secondary N) is 2. The maximum Gasteiger partial charge on any atom is 0.399 e. The molecule has 2 unspecified atom stereocenters. The summed E-state index contributed by atoms with van der Waals surface area (Å²) >= 11 is 10.3. The highest BCUT2D eigenvalue weighted by molar-refractivity contribution is 14.1. The molecule has 0 saturated carbocycles. The van der Waals surface area contributed by atoms with Gasteiger partial charge in [0.25, 0.3) is 5.91 Å². The van der Waals surface area contributed by atoms with Crippen LogP contribution in [0.5, 0.6) is 0 Å². The number of anilines is 2. The largest absolute Gasteiger partial charge is 0.399 e. The fourth-order valence-corrected chi connectivity index (χ4v) is 6.51. The van der Waals surface area contributed by atoms with Crippen LogP contribution in [0, 0.1) is 18.9 Å². The van der Waals surface area contributed by atoms with Crippen LogP contribution in [-0.2, 0) is 5.41 Å². The highest BCUT2D eigenvalue weighted by Crippen LogP contribution is 2.51. The van der Waals surface area contributed by atoms with E-state index in [1.54, 1.807) is 0 Å². The van der Waals surface area contributed by atoms with Crippen LogP contribution in [0.1, 0.15) is 40.0 Å². The minimum Gasteiger partial charge on any atom is -0.341 e. The molecule has 3 heterocycles. The lowest BCUT2D eigenvalue weighted by Crippen LogP contribution is -2.46. The summed E-state index contributed by atoms with van der Waals surface area (Å²) in [6, 6.07) is 6.03. The van der Waals surface area contributed by atoms with E-state index in [0.29, 0.717) is 12.7 Å². The van der Waals surface area contributed by atoms with E-state index < -0.39 is 47.8 Å². The molecule has 15 heteroatoms. The molecule has 0 radical (unpaired) electrons. The van der Waals surface area contributed by atoms with Gasteiger partial charge in [-0.15, -0.1) is 10.2 Å². The molecule has 42 heavy (non-hydrogen) atoms. The van der Waals surface area contributed by atoms with Gasteiger partial charge in [0.05, 0.1) is 15.2 Å². The molecule has 0 spiro atoms. The van der Waals surface area contributed by atoms with Gasteiger partial charge in [-0.2, -0.15) is 13.2 Å². The summed E-state index contributed by atoms with van der Waals surface area (Å²) in [5.41, 5.74) is -2.31. The van der Waals surface area contributed by atoms with Crippen molar-refractivity contribution in [1.29, 1.82) is 0 Å². The van der Waals surface area contributed by atoms with Gasteiger partial charge >= 0.3 is 12.2 Å². The Morgan fingerprint density at radius 2 is 1.81 bits per heavy atom. The zero-order valence-electron chi connectivity index (χ0n) is 21.0. The molecule has 2 aliphatic heterocycles. The second kappa shape index (κ2) is 10.1. The van der Waals surface area contributed by atoms with Crippen molar-refractivity contribution in [3.63, 3.8) is 0 Å². The van der Waals surface area contributed by atoms with Gasteiger partial charge in [0, 0.05) is 39.5 Å². The van der Waals surface area contributed by atoms with Crippen LogP contribution in [0.25, 0.3) is 10.9 Å². The highest BCUT2D eigenvalue weighted by Gasteiger charge is 2.58. The molecule has 2 aliphatic rings. The number of rotatable bonds is 2. The minimum absolute atomic E-state index is 0.0546. The van der Waals surface area contributed by atoms with Crippen molar-refractivity contribution in [3.05, 3.63) is 88.6 Å². The third-order valence-corrected chi connectivity index (χ3v) is 10.7. The molecule has 216 valence electrons. The Bertz CT molecular complexity index is 1860. The fourth-order valence-electron chi connectivity index (χ4n) is 5.36. The Morgan fingerprint density at radius 1 is 1.12 bits per heavy atom. The van der Waals surface area contributed by atoms with E-state index in [9.17, 15) is 31.5 Å². The minimum atomic E-state index is -4.80. The van der Waals surface area contributed by atoms with Gasteiger partial charge in [0.2, 0.25) is 0 Å². The van der Waals surface area contributed by atoms with Crippen LogP contribution in [0.4, 0.5) is 38.1 Å². The average Bonchev–Trinajstić information content (AvgIpc) is 3.43. The highest BCUT2D eigenvalue weighted by atomic mass is 127. The van der Waals surface area contributed by atoms with Crippen molar-refractivity contribution in [1.82, 2.24) is 15.5 Å². The number of halogens is 8. The summed E-state index contributed by atoms with van der Waals surface area (Å²) in [7, 11) is 0. The standard InChI is InChI=1S/C27H15ClF5I2N5O2/c1-26(27(31,32)33)9-40(17-5-3-11(30)7-14(17)26)25(42)36-16-8-13-20(34)23(35)39-38-22(13)19-18(16)21(37-24(19)41)12-6-10(29)2-4-15(12)28/h2-8,21H,9H2,1H3,(H,36,42)(H,37,41). The van der Waals surface area contributed by atoms with Gasteiger partial charge in [-0.25, -0.2) is 13.6 Å². The number of benzene rings is 3. The van der Waals surface area contributed by atoms with Crippen LogP contribution in [0.3, 0.4) is 0 Å². The molecule has 0 saturated heterocycles. The van der Waals surface area contributed by atoms with Gasteiger partial charge in [-0.1, -0.05) is 11.6 Å². The number of carbonyl (C=O) groups is 2. The quantitative estimate of drug-likeness (QED) is 0.162. The third-order valence-electron chi connectivity index (χ3n) is 7.49. The van der Waals surface area contributed by atoms with E-state index in [-0.39, 0.29) is 44.2 Å². The number of fused-ring (bicyclic) bond motifs is 4. The average molecular weight is 826 g/mol. The van der Waals surface area contributed by atoms with Crippen molar-refractivity contribution in [2.24, 2.45) is 0 Å². The first-order valence-corrected chi connectivity index (χ1v) is 14.6. The number of urea groups is 1. The smallest absolute Gasteiger partial charge is 0.341 e. The number of alkyl halides is 3. The predicted molar refractivity (Wildman–Crippen MR) is 162 cm³/mol. The molecule has 6 rings (SSSR count). The fraction of sp³-hybridized carbons (Fsp3) is 0.185. The Labute approximate surface area is 266 Å². The second-order valence-electron chi connectivity index (χ2n) is 9.99. The van der Waals surface area contributed by atoms with E-state index in [2.05, 4.69) is 20.8 Å². The molecule has 3 amide bonds. The molecule has 2 N–H and O–H groups in total. The van der Waals surface area contributed by atoms with Crippen molar-refractivity contribution >= 4 is 91.0 Å². The normalized spacial score (nSPS) is 19.6. The Kier molecular flexibility index (Phi) is 7.03. The number of aromatic nitrogens is 2. The van der Waals surface area contributed by atoms with Crippen LogP contribution in [0.2, 0.25) is 5.02 Å². The predicted octanol–water partition coefficient (Wildman–Crippen LogP) is 7.48. The number of hydrogen-bond acceptors (Lipinski definition) is 4.